The van der Waals surface area contributed by atoms with Crippen LogP contribution in [0.1, 0.15) is 48.0 Å². The Bertz CT molecular complexity index is 1420. The van der Waals surface area contributed by atoms with E-state index in [0.29, 0.717) is 29.3 Å². The SMILES string of the molecule is C=N/C=C(/C#Cc1cnc2cnccn12)SCNC(=O)c1ccc(CN2CCN(CC)CC2)c(C(F)(F)F)c1.CC. The smallest absolute Gasteiger partial charge is 0.343 e. The highest BCUT2D eigenvalue weighted by Gasteiger charge is 2.34. The second-order valence-corrected chi connectivity index (χ2v) is 9.77. The molecular weight excluding hydrogens is 551 g/mol. The Hall–Kier alpha value is -3.66. The first-order valence-electron chi connectivity index (χ1n) is 13.3. The second kappa shape index (κ2) is 15.4. The Morgan fingerprint density at radius 1 is 1.20 bits per heavy atom. The monoisotopic (exact) mass is 585 g/mol. The van der Waals surface area contributed by atoms with Crippen molar-refractivity contribution in [3.05, 3.63) is 76.5 Å². The Morgan fingerprint density at radius 2 is 1.93 bits per heavy atom. The molecule has 218 valence electrons. The lowest BCUT2D eigenvalue weighted by atomic mass is 10.0. The molecule has 12 heteroatoms. The molecule has 41 heavy (non-hydrogen) atoms. The third kappa shape index (κ3) is 8.91. The highest BCUT2D eigenvalue weighted by molar-refractivity contribution is 8.03. The fourth-order valence-electron chi connectivity index (χ4n) is 4.15. The molecule has 3 aromatic rings. The van der Waals surface area contributed by atoms with Gasteiger partial charge in [0.25, 0.3) is 5.91 Å². The maximum absolute atomic E-state index is 13.9. The van der Waals surface area contributed by atoms with E-state index in [1.807, 2.05) is 18.7 Å². The first-order valence-corrected chi connectivity index (χ1v) is 14.3. The summed E-state index contributed by atoms with van der Waals surface area (Å²) in [4.78, 5) is 29.5. The first kappa shape index (κ1) is 31.9. The predicted molar refractivity (Wildman–Crippen MR) is 158 cm³/mol. The Kier molecular flexibility index (Phi) is 11.9. The minimum absolute atomic E-state index is 0.0553. The highest BCUT2D eigenvalue weighted by atomic mass is 32.2. The van der Waals surface area contributed by atoms with E-state index in [1.165, 1.54) is 30.1 Å². The number of hydrogen-bond donors (Lipinski definition) is 1. The number of amides is 1. The van der Waals surface area contributed by atoms with Crippen molar-refractivity contribution in [1.82, 2.24) is 29.5 Å². The van der Waals surface area contributed by atoms with Crippen molar-refractivity contribution in [1.29, 1.82) is 0 Å². The fourth-order valence-corrected chi connectivity index (χ4v) is 4.79. The molecule has 1 fully saturated rings. The molecule has 8 nitrogen and oxygen atoms in total. The molecule has 0 radical (unpaired) electrons. The molecule has 0 bridgehead atoms. The summed E-state index contributed by atoms with van der Waals surface area (Å²) in [6.07, 6.45) is 3.47. The minimum atomic E-state index is -4.57. The van der Waals surface area contributed by atoms with E-state index < -0.39 is 17.6 Å². The predicted octanol–water partition coefficient (Wildman–Crippen LogP) is 4.93. The highest BCUT2D eigenvalue weighted by Crippen LogP contribution is 2.33. The van der Waals surface area contributed by atoms with Gasteiger partial charge >= 0.3 is 6.18 Å². The van der Waals surface area contributed by atoms with Crippen molar-refractivity contribution in [2.75, 3.05) is 38.6 Å². The van der Waals surface area contributed by atoms with Crippen LogP contribution in [-0.2, 0) is 12.7 Å². The van der Waals surface area contributed by atoms with Crippen LogP contribution in [0.4, 0.5) is 13.2 Å². The van der Waals surface area contributed by atoms with Gasteiger partial charge in [0.1, 0.15) is 5.69 Å². The molecule has 1 saturated heterocycles. The normalized spacial score (nSPS) is 14.5. The number of aromatic nitrogens is 3. The van der Waals surface area contributed by atoms with Crippen LogP contribution in [0.2, 0.25) is 0 Å². The number of carbonyl (C=O) groups excluding carboxylic acids is 1. The summed E-state index contributed by atoms with van der Waals surface area (Å²) < 4.78 is 43.5. The average Bonchev–Trinajstić information content (AvgIpc) is 3.40. The number of halogens is 3. The van der Waals surface area contributed by atoms with Crippen molar-refractivity contribution < 1.29 is 18.0 Å². The molecule has 4 rings (SSSR count). The van der Waals surface area contributed by atoms with Crippen molar-refractivity contribution in [3.63, 3.8) is 0 Å². The fraction of sp³-hybridized carbons (Fsp3) is 0.379. The number of allylic oxidation sites excluding steroid dienone is 1. The van der Waals surface area contributed by atoms with Gasteiger partial charge in [0.2, 0.25) is 0 Å². The number of benzene rings is 1. The number of rotatable bonds is 8. The second-order valence-electron chi connectivity index (χ2n) is 8.75. The molecule has 0 unspecified atom stereocenters. The summed E-state index contributed by atoms with van der Waals surface area (Å²) in [7, 11) is 0. The quantitative estimate of drug-likeness (QED) is 0.230. The summed E-state index contributed by atoms with van der Waals surface area (Å²) >= 11 is 1.18. The molecule has 2 aromatic heterocycles. The number of hydrogen-bond acceptors (Lipinski definition) is 7. The summed E-state index contributed by atoms with van der Waals surface area (Å²) in [5, 5.41) is 2.65. The topological polar surface area (TPSA) is 78.1 Å². The van der Waals surface area contributed by atoms with E-state index in [9.17, 15) is 18.0 Å². The van der Waals surface area contributed by atoms with Gasteiger partial charge in [0.05, 0.1) is 28.7 Å². The maximum atomic E-state index is 13.9. The Labute approximate surface area is 242 Å². The third-order valence-electron chi connectivity index (χ3n) is 6.28. The number of aliphatic imine (C=N–C) groups is 1. The summed E-state index contributed by atoms with van der Waals surface area (Å²) in [6, 6.07) is 3.77. The lowest BCUT2D eigenvalue weighted by Crippen LogP contribution is -2.45. The largest absolute Gasteiger partial charge is 0.416 e. The zero-order chi connectivity index (χ0) is 29.8. The van der Waals surface area contributed by atoms with Gasteiger partial charge in [-0.25, -0.2) is 4.98 Å². The van der Waals surface area contributed by atoms with Crippen molar-refractivity contribution in [3.8, 4) is 11.8 Å². The van der Waals surface area contributed by atoms with Crippen LogP contribution in [0.15, 0.2) is 59.1 Å². The van der Waals surface area contributed by atoms with E-state index in [2.05, 4.69) is 50.7 Å². The Balaban J connectivity index is 0.00000226. The molecule has 0 saturated carbocycles. The van der Waals surface area contributed by atoms with Gasteiger partial charge in [0.15, 0.2) is 5.65 Å². The molecule has 0 spiro atoms. The molecular formula is C29H34F3N7OS. The lowest BCUT2D eigenvalue weighted by molar-refractivity contribution is -0.138. The van der Waals surface area contributed by atoms with Crippen LogP contribution >= 0.6 is 11.8 Å². The molecule has 1 amide bonds. The van der Waals surface area contributed by atoms with Gasteiger partial charge < -0.3 is 10.2 Å². The number of nitrogens with one attached hydrogen (secondary N) is 1. The zero-order valence-corrected chi connectivity index (χ0v) is 24.2. The number of carbonyl (C=O) groups is 1. The minimum Gasteiger partial charge on any atom is -0.343 e. The summed E-state index contributed by atoms with van der Waals surface area (Å²) in [5.74, 6) is 5.43. The van der Waals surface area contributed by atoms with Crippen LogP contribution in [0, 0.1) is 11.8 Å². The van der Waals surface area contributed by atoms with E-state index in [-0.39, 0.29) is 23.5 Å². The van der Waals surface area contributed by atoms with Crippen molar-refractivity contribution >= 4 is 30.0 Å². The zero-order valence-electron chi connectivity index (χ0n) is 23.4. The number of likely N-dealkylation sites (N-methyl/N-ethyl adjacent to an activating group) is 1. The van der Waals surface area contributed by atoms with E-state index in [1.54, 1.807) is 29.2 Å². The molecule has 0 atom stereocenters. The molecule has 0 aliphatic carbocycles. The lowest BCUT2D eigenvalue weighted by Gasteiger charge is -2.34. The molecule has 1 aliphatic rings. The van der Waals surface area contributed by atoms with Crippen molar-refractivity contribution in [2.45, 2.75) is 33.5 Å². The van der Waals surface area contributed by atoms with Gasteiger partial charge in [-0.05, 0) is 36.9 Å². The van der Waals surface area contributed by atoms with Crippen LogP contribution in [0.3, 0.4) is 0 Å². The number of piperazine rings is 1. The van der Waals surface area contributed by atoms with Gasteiger partial charge in [-0.15, -0.1) is 0 Å². The first-order chi connectivity index (χ1) is 19.8. The van der Waals surface area contributed by atoms with Gasteiger partial charge in [-0.3, -0.25) is 24.1 Å². The summed E-state index contributed by atoms with van der Waals surface area (Å²) in [6.45, 7) is 13.7. The molecule has 1 aromatic carbocycles. The number of thioether (sulfide) groups is 1. The summed E-state index contributed by atoms with van der Waals surface area (Å²) in [5.41, 5.74) is 0.613. The van der Waals surface area contributed by atoms with Crippen LogP contribution in [0.25, 0.3) is 5.65 Å². The van der Waals surface area contributed by atoms with Crippen molar-refractivity contribution in [2.24, 2.45) is 4.99 Å². The molecule has 3 heterocycles. The molecule has 1 aliphatic heterocycles. The third-order valence-corrected chi connectivity index (χ3v) is 7.09. The van der Waals surface area contributed by atoms with Crippen LogP contribution in [-0.4, -0.2) is 75.4 Å². The standard InChI is InChI=1S/C27H28F3N7OS.C2H6/c1-3-35-10-12-36(13-11-35)18-21-5-4-20(14-24(21)27(28,29)30)26(38)34-19-39-23(16-31-2)7-6-22-15-33-25-17-32-8-9-37(22)25;1-2/h4-5,8-9,14-17H,2-3,10-13,18-19H2,1H3,(H,34,38);1-2H3/b23-16-;. The number of imidazole rings is 1. The van der Waals surface area contributed by atoms with Crippen LogP contribution < -0.4 is 5.32 Å². The number of alkyl halides is 3. The van der Waals surface area contributed by atoms with Crippen LogP contribution in [0.5, 0.6) is 0 Å². The van der Waals surface area contributed by atoms with E-state index in [4.69, 9.17) is 0 Å². The van der Waals surface area contributed by atoms with E-state index in [0.717, 1.165) is 25.7 Å². The van der Waals surface area contributed by atoms with Gasteiger partial charge in [-0.2, -0.15) is 13.2 Å². The van der Waals surface area contributed by atoms with E-state index >= 15 is 0 Å². The number of nitrogens with zero attached hydrogens (tertiary/aromatic N) is 6. The number of fused-ring (bicyclic) bond motifs is 1. The maximum Gasteiger partial charge on any atom is 0.416 e. The van der Waals surface area contributed by atoms with Gasteiger partial charge in [-0.1, -0.05) is 44.5 Å². The average molecular weight is 586 g/mol. The molecule has 1 N–H and O–H groups in total. The van der Waals surface area contributed by atoms with Gasteiger partial charge in [0, 0.05) is 56.9 Å². The Morgan fingerprint density at radius 3 is 2.61 bits per heavy atom.